The number of anilines is 2. The van der Waals surface area contributed by atoms with Crippen molar-refractivity contribution in [2.24, 2.45) is 0 Å². The van der Waals surface area contributed by atoms with Crippen LogP contribution in [-0.4, -0.2) is 19.1 Å². The second-order valence-electron chi connectivity index (χ2n) is 5.27. The van der Waals surface area contributed by atoms with Crippen LogP contribution in [0.2, 0.25) is 0 Å². The maximum Gasteiger partial charge on any atom is 0.321 e. The van der Waals surface area contributed by atoms with E-state index in [0.29, 0.717) is 6.54 Å². The number of benzene rings is 2. The molecule has 3 rings (SSSR count). The summed E-state index contributed by atoms with van der Waals surface area (Å²) in [5.74, 6) is -0.234. The molecule has 0 aromatic heterocycles. The summed E-state index contributed by atoms with van der Waals surface area (Å²) >= 11 is 0. The van der Waals surface area contributed by atoms with Crippen molar-refractivity contribution in [2.75, 3.05) is 23.3 Å². The Hall–Kier alpha value is -2.56. The lowest BCUT2D eigenvalue weighted by Gasteiger charge is -2.27. The van der Waals surface area contributed by atoms with Crippen molar-refractivity contribution in [1.82, 2.24) is 5.32 Å². The van der Waals surface area contributed by atoms with E-state index in [1.165, 1.54) is 12.1 Å². The van der Waals surface area contributed by atoms with E-state index in [0.717, 1.165) is 36.4 Å². The zero-order chi connectivity index (χ0) is 15.4. The molecular formula is C17H18FN3O. The molecule has 1 aliphatic heterocycles. The first-order valence-electron chi connectivity index (χ1n) is 7.36. The Labute approximate surface area is 128 Å². The third-order valence-electron chi connectivity index (χ3n) is 3.65. The number of hydrogen-bond acceptors (Lipinski definition) is 2. The molecule has 0 bridgehead atoms. The Morgan fingerprint density at radius 2 is 2.00 bits per heavy atom. The van der Waals surface area contributed by atoms with Crippen molar-refractivity contribution in [3.05, 3.63) is 59.9 Å². The third-order valence-corrected chi connectivity index (χ3v) is 3.65. The lowest BCUT2D eigenvalue weighted by atomic mass is 10.2. The van der Waals surface area contributed by atoms with E-state index in [9.17, 15) is 9.18 Å². The summed E-state index contributed by atoms with van der Waals surface area (Å²) in [5, 5.41) is 6.14. The van der Waals surface area contributed by atoms with Crippen LogP contribution in [0.5, 0.6) is 0 Å². The van der Waals surface area contributed by atoms with Gasteiger partial charge in [-0.2, -0.15) is 0 Å². The molecule has 1 fully saturated rings. The van der Waals surface area contributed by atoms with Crippen LogP contribution in [0, 0.1) is 5.82 Å². The van der Waals surface area contributed by atoms with Gasteiger partial charge in [0.05, 0.1) is 0 Å². The Bertz CT molecular complexity index is 657. The fourth-order valence-corrected chi connectivity index (χ4v) is 2.47. The fraction of sp³-hybridized carbons (Fsp3) is 0.235. The highest BCUT2D eigenvalue weighted by Crippen LogP contribution is 2.21. The molecule has 4 nitrogen and oxygen atoms in total. The van der Waals surface area contributed by atoms with Crippen LogP contribution in [0.3, 0.4) is 0 Å². The topological polar surface area (TPSA) is 44.4 Å². The third kappa shape index (κ3) is 3.36. The van der Waals surface area contributed by atoms with Gasteiger partial charge in [-0.05, 0) is 42.3 Å². The standard InChI is InChI=1S/C17H18FN3O/c18-14-7-5-13(6-8-14)12-20-15-3-1-4-16(11-15)21-10-2-9-19-17(21)22/h1,3-8,11,20H,2,9-10,12H2,(H,19,22). The summed E-state index contributed by atoms with van der Waals surface area (Å²) in [6, 6.07) is 14.1. The van der Waals surface area contributed by atoms with Crippen LogP contribution < -0.4 is 15.5 Å². The molecule has 2 aromatic rings. The van der Waals surface area contributed by atoms with Crippen molar-refractivity contribution in [3.8, 4) is 0 Å². The van der Waals surface area contributed by atoms with Crippen molar-refractivity contribution in [3.63, 3.8) is 0 Å². The Balaban J connectivity index is 1.68. The van der Waals surface area contributed by atoms with Crippen LogP contribution in [0.1, 0.15) is 12.0 Å². The van der Waals surface area contributed by atoms with Gasteiger partial charge >= 0.3 is 6.03 Å². The van der Waals surface area contributed by atoms with E-state index < -0.39 is 0 Å². The number of amides is 2. The molecule has 1 saturated heterocycles. The highest BCUT2D eigenvalue weighted by atomic mass is 19.1. The monoisotopic (exact) mass is 299 g/mol. The number of nitrogens with one attached hydrogen (secondary N) is 2. The molecule has 22 heavy (non-hydrogen) atoms. The van der Waals surface area contributed by atoms with Crippen molar-refractivity contribution in [1.29, 1.82) is 0 Å². The van der Waals surface area contributed by atoms with Crippen molar-refractivity contribution < 1.29 is 9.18 Å². The predicted octanol–water partition coefficient (Wildman–Crippen LogP) is 3.36. The summed E-state index contributed by atoms with van der Waals surface area (Å²) in [6.45, 7) is 2.07. The minimum atomic E-state index is -0.234. The van der Waals surface area contributed by atoms with Gasteiger partial charge in [-0.15, -0.1) is 0 Å². The first-order chi connectivity index (χ1) is 10.7. The van der Waals surface area contributed by atoms with Gasteiger partial charge in [-0.1, -0.05) is 18.2 Å². The maximum atomic E-state index is 12.9. The molecular weight excluding hydrogens is 281 g/mol. The highest BCUT2D eigenvalue weighted by Gasteiger charge is 2.18. The summed E-state index contributed by atoms with van der Waals surface area (Å²) < 4.78 is 12.9. The summed E-state index contributed by atoms with van der Waals surface area (Å²) in [5.41, 5.74) is 2.81. The lowest BCUT2D eigenvalue weighted by Crippen LogP contribution is -2.46. The van der Waals surface area contributed by atoms with Crippen LogP contribution in [-0.2, 0) is 6.54 Å². The van der Waals surface area contributed by atoms with Gasteiger partial charge in [0.25, 0.3) is 0 Å². The molecule has 0 saturated carbocycles. The van der Waals surface area contributed by atoms with Crippen LogP contribution in [0.15, 0.2) is 48.5 Å². The summed E-state index contributed by atoms with van der Waals surface area (Å²) in [7, 11) is 0. The number of hydrogen-bond donors (Lipinski definition) is 2. The molecule has 1 aliphatic rings. The minimum Gasteiger partial charge on any atom is -0.381 e. The SMILES string of the molecule is O=C1NCCCN1c1cccc(NCc2ccc(F)cc2)c1. The molecule has 114 valence electrons. The number of rotatable bonds is 4. The Morgan fingerprint density at radius 1 is 1.18 bits per heavy atom. The molecule has 0 radical (unpaired) electrons. The van der Waals surface area contributed by atoms with Gasteiger partial charge in [0, 0.05) is 31.0 Å². The zero-order valence-corrected chi connectivity index (χ0v) is 12.2. The van der Waals surface area contributed by atoms with Crippen LogP contribution >= 0.6 is 0 Å². The van der Waals surface area contributed by atoms with Crippen LogP contribution in [0.25, 0.3) is 0 Å². The van der Waals surface area contributed by atoms with Gasteiger partial charge in [0.15, 0.2) is 0 Å². The average Bonchev–Trinajstić information content (AvgIpc) is 2.55. The van der Waals surface area contributed by atoms with Gasteiger partial charge < -0.3 is 10.6 Å². The van der Waals surface area contributed by atoms with E-state index in [2.05, 4.69) is 10.6 Å². The Kier molecular flexibility index (Phi) is 4.23. The quantitative estimate of drug-likeness (QED) is 0.909. The molecule has 1 heterocycles. The van der Waals surface area contributed by atoms with Gasteiger partial charge in [-0.3, -0.25) is 4.90 Å². The number of urea groups is 1. The molecule has 0 atom stereocenters. The number of halogens is 1. The normalized spacial score (nSPS) is 14.6. The molecule has 0 unspecified atom stereocenters. The van der Waals surface area contributed by atoms with E-state index in [4.69, 9.17) is 0 Å². The number of carbonyl (C=O) groups excluding carboxylic acids is 1. The van der Waals surface area contributed by atoms with E-state index >= 15 is 0 Å². The molecule has 5 heteroatoms. The summed E-state index contributed by atoms with van der Waals surface area (Å²) in [6.07, 6.45) is 0.943. The van der Waals surface area contributed by atoms with Gasteiger partial charge in [-0.25, -0.2) is 9.18 Å². The van der Waals surface area contributed by atoms with E-state index in [-0.39, 0.29) is 11.8 Å². The second kappa shape index (κ2) is 6.47. The molecule has 2 aromatic carbocycles. The summed E-state index contributed by atoms with van der Waals surface area (Å²) in [4.78, 5) is 13.6. The second-order valence-corrected chi connectivity index (χ2v) is 5.27. The van der Waals surface area contributed by atoms with Gasteiger partial charge in [0.2, 0.25) is 0 Å². The molecule has 0 aliphatic carbocycles. The van der Waals surface area contributed by atoms with Crippen molar-refractivity contribution >= 4 is 17.4 Å². The first kappa shape index (κ1) is 14.4. The van der Waals surface area contributed by atoms with Crippen LogP contribution in [0.4, 0.5) is 20.6 Å². The minimum absolute atomic E-state index is 0.0538. The lowest BCUT2D eigenvalue weighted by molar-refractivity contribution is 0.243. The average molecular weight is 299 g/mol. The first-order valence-corrected chi connectivity index (χ1v) is 7.36. The zero-order valence-electron chi connectivity index (χ0n) is 12.2. The molecule has 2 N–H and O–H groups in total. The van der Waals surface area contributed by atoms with E-state index in [1.807, 2.05) is 24.3 Å². The van der Waals surface area contributed by atoms with E-state index in [1.54, 1.807) is 17.0 Å². The predicted molar refractivity (Wildman–Crippen MR) is 85.5 cm³/mol. The van der Waals surface area contributed by atoms with Gasteiger partial charge in [0.1, 0.15) is 5.82 Å². The fourth-order valence-electron chi connectivity index (χ4n) is 2.47. The van der Waals surface area contributed by atoms with Crippen molar-refractivity contribution in [2.45, 2.75) is 13.0 Å². The largest absolute Gasteiger partial charge is 0.381 e. The molecule has 2 amide bonds. The smallest absolute Gasteiger partial charge is 0.321 e. The maximum absolute atomic E-state index is 12.9. The Morgan fingerprint density at radius 3 is 2.77 bits per heavy atom. The number of nitrogens with zero attached hydrogens (tertiary/aromatic N) is 1. The highest BCUT2D eigenvalue weighted by molar-refractivity contribution is 5.93. The molecule has 0 spiro atoms. The number of carbonyl (C=O) groups is 1.